The molecule has 2 aliphatic carbocycles. The predicted molar refractivity (Wildman–Crippen MR) is 72.1 cm³/mol. The number of rotatable bonds is 3. The van der Waals surface area contributed by atoms with Crippen molar-refractivity contribution in [1.82, 2.24) is 10.2 Å². The molecule has 2 atom stereocenters. The van der Waals surface area contributed by atoms with Crippen LogP contribution in [0, 0.1) is 11.8 Å². The molecule has 96 valence electrons. The van der Waals surface area contributed by atoms with Crippen LogP contribution in [0.4, 0.5) is 0 Å². The Balaban J connectivity index is 1.54. The quantitative estimate of drug-likeness (QED) is 0.755. The first-order valence-electron chi connectivity index (χ1n) is 7.39. The van der Waals surface area contributed by atoms with Crippen molar-refractivity contribution >= 4 is 0 Å². The summed E-state index contributed by atoms with van der Waals surface area (Å²) in [5, 5.41) is 3.77. The van der Waals surface area contributed by atoms with E-state index in [1.807, 2.05) is 0 Å². The lowest BCUT2D eigenvalue weighted by molar-refractivity contribution is 0.109. The average molecular weight is 234 g/mol. The Morgan fingerprint density at radius 3 is 2.88 bits per heavy atom. The van der Waals surface area contributed by atoms with Crippen LogP contribution in [0.15, 0.2) is 12.2 Å². The van der Waals surface area contributed by atoms with Gasteiger partial charge < -0.3 is 5.32 Å². The molecular formula is C15H26N2. The fraction of sp³-hybridized carbons (Fsp3) is 0.867. The third kappa shape index (κ3) is 2.74. The molecule has 2 unspecified atom stereocenters. The van der Waals surface area contributed by atoms with Gasteiger partial charge in [-0.2, -0.15) is 0 Å². The molecule has 2 fully saturated rings. The SMILES string of the molecule is CC1(C2CC2)CN(CC2CC=CCC2)CCN1. The van der Waals surface area contributed by atoms with Gasteiger partial charge in [0, 0.05) is 31.7 Å². The Hall–Kier alpha value is -0.340. The molecule has 1 aliphatic heterocycles. The van der Waals surface area contributed by atoms with Crippen molar-refractivity contribution in [2.45, 2.75) is 44.6 Å². The number of hydrogen-bond acceptors (Lipinski definition) is 2. The molecule has 0 spiro atoms. The number of piperazine rings is 1. The average Bonchev–Trinajstić information content (AvgIpc) is 3.14. The van der Waals surface area contributed by atoms with Crippen molar-refractivity contribution in [3.63, 3.8) is 0 Å². The molecule has 17 heavy (non-hydrogen) atoms. The first-order chi connectivity index (χ1) is 8.26. The highest BCUT2D eigenvalue weighted by Crippen LogP contribution is 2.40. The molecule has 0 radical (unpaired) electrons. The Bertz CT molecular complexity index is 295. The molecule has 3 rings (SSSR count). The van der Waals surface area contributed by atoms with Gasteiger partial charge in [0.25, 0.3) is 0 Å². The summed E-state index contributed by atoms with van der Waals surface area (Å²) < 4.78 is 0. The van der Waals surface area contributed by atoms with Gasteiger partial charge in [-0.3, -0.25) is 4.90 Å². The smallest absolute Gasteiger partial charge is 0.0309 e. The zero-order chi connectivity index (χ0) is 11.7. The van der Waals surface area contributed by atoms with E-state index in [-0.39, 0.29) is 0 Å². The highest BCUT2D eigenvalue weighted by Gasteiger charge is 2.43. The van der Waals surface area contributed by atoms with Crippen LogP contribution in [-0.2, 0) is 0 Å². The molecule has 1 heterocycles. The predicted octanol–water partition coefficient (Wildman–Crippen LogP) is 2.42. The van der Waals surface area contributed by atoms with Gasteiger partial charge in [0.05, 0.1) is 0 Å². The van der Waals surface area contributed by atoms with E-state index in [0.717, 1.165) is 11.8 Å². The van der Waals surface area contributed by atoms with Gasteiger partial charge in [0.2, 0.25) is 0 Å². The molecule has 1 saturated heterocycles. The summed E-state index contributed by atoms with van der Waals surface area (Å²) in [4.78, 5) is 2.72. The lowest BCUT2D eigenvalue weighted by Crippen LogP contribution is -2.60. The van der Waals surface area contributed by atoms with Crippen molar-refractivity contribution in [3.8, 4) is 0 Å². The lowest BCUT2D eigenvalue weighted by Gasteiger charge is -2.43. The molecule has 2 nitrogen and oxygen atoms in total. The largest absolute Gasteiger partial charge is 0.309 e. The highest BCUT2D eigenvalue weighted by molar-refractivity contribution is 5.02. The van der Waals surface area contributed by atoms with Gasteiger partial charge in [-0.05, 0) is 50.9 Å². The first kappa shape index (κ1) is 11.7. The van der Waals surface area contributed by atoms with Gasteiger partial charge in [-0.25, -0.2) is 0 Å². The van der Waals surface area contributed by atoms with E-state index in [1.54, 1.807) is 0 Å². The van der Waals surface area contributed by atoms with Gasteiger partial charge in [-0.15, -0.1) is 0 Å². The molecule has 0 aromatic rings. The van der Waals surface area contributed by atoms with E-state index in [1.165, 1.54) is 58.3 Å². The van der Waals surface area contributed by atoms with E-state index in [9.17, 15) is 0 Å². The van der Waals surface area contributed by atoms with Crippen LogP contribution < -0.4 is 5.32 Å². The third-order valence-electron chi connectivity index (χ3n) is 4.88. The maximum Gasteiger partial charge on any atom is 0.0309 e. The molecule has 0 aromatic heterocycles. The Morgan fingerprint density at radius 2 is 2.18 bits per heavy atom. The molecule has 0 aromatic carbocycles. The van der Waals surface area contributed by atoms with E-state index in [2.05, 4.69) is 29.3 Å². The molecule has 0 amide bonds. The highest BCUT2D eigenvalue weighted by atomic mass is 15.2. The molecule has 3 aliphatic rings. The minimum absolute atomic E-state index is 0.419. The van der Waals surface area contributed by atoms with E-state index >= 15 is 0 Å². The summed E-state index contributed by atoms with van der Waals surface area (Å²) in [7, 11) is 0. The van der Waals surface area contributed by atoms with Crippen LogP contribution in [-0.4, -0.2) is 36.6 Å². The second kappa shape index (κ2) is 4.74. The molecule has 1 saturated carbocycles. The van der Waals surface area contributed by atoms with Crippen LogP contribution in [0.2, 0.25) is 0 Å². The maximum atomic E-state index is 3.77. The summed E-state index contributed by atoms with van der Waals surface area (Å²) in [6.45, 7) is 7.49. The van der Waals surface area contributed by atoms with Crippen molar-refractivity contribution in [2.24, 2.45) is 11.8 Å². The van der Waals surface area contributed by atoms with Crippen molar-refractivity contribution in [2.75, 3.05) is 26.2 Å². The van der Waals surface area contributed by atoms with Gasteiger partial charge in [0.15, 0.2) is 0 Å². The number of allylic oxidation sites excluding steroid dienone is 2. The maximum absolute atomic E-state index is 3.77. The molecule has 1 N–H and O–H groups in total. The fourth-order valence-corrected chi connectivity index (χ4v) is 3.64. The van der Waals surface area contributed by atoms with E-state index in [4.69, 9.17) is 0 Å². The number of nitrogens with zero attached hydrogens (tertiary/aromatic N) is 1. The second-order valence-corrected chi connectivity index (χ2v) is 6.50. The van der Waals surface area contributed by atoms with Crippen molar-refractivity contribution < 1.29 is 0 Å². The van der Waals surface area contributed by atoms with Gasteiger partial charge in [-0.1, -0.05) is 12.2 Å². The summed E-state index contributed by atoms with van der Waals surface area (Å²) in [6, 6.07) is 0. The Morgan fingerprint density at radius 1 is 1.29 bits per heavy atom. The van der Waals surface area contributed by atoms with E-state index < -0.39 is 0 Å². The summed E-state index contributed by atoms with van der Waals surface area (Å²) in [5.74, 6) is 1.87. The topological polar surface area (TPSA) is 15.3 Å². The Kier molecular flexibility index (Phi) is 3.27. The zero-order valence-corrected chi connectivity index (χ0v) is 11.1. The first-order valence-corrected chi connectivity index (χ1v) is 7.39. The summed E-state index contributed by atoms with van der Waals surface area (Å²) in [6.07, 6.45) is 11.6. The van der Waals surface area contributed by atoms with Crippen LogP contribution in [0.5, 0.6) is 0 Å². The Labute approximate surface area is 105 Å². The molecular weight excluding hydrogens is 208 g/mol. The lowest BCUT2D eigenvalue weighted by atomic mass is 9.90. The van der Waals surface area contributed by atoms with Gasteiger partial charge in [0.1, 0.15) is 0 Å². The van der Waals surface area contributed by atoms with Crippen LogP contribution >= 0.6 is 0 Å². The summed E-state index contributed by atoms with van der Waals surface area (Å²) >= 11 is 0. The van der Waals surface area contributed by atoms with Gasteiger partial charge >= 0.3 is 0 Å². The normalized spacial score (nSPS) is 39.5. The van der Waals surface area contributed by atoms with Crippen LogP contribution in [0.1, 0.15) is 39.0 Å². The van der Waals surface area contributed by atoms with Crippen molar-refractivity contribution in [3.05, 3.63) is 12.2 Å². The fourth-order valence-electron chi connectivity index (χ4n) is 3.64. The number of nitrogens with one attached hydrogen (secondary N) is 1. The van der Waals surface area contributed by atoms with Crippen LogP contribution in [0.3, 0.4) is 0 Å². The standard InChI is InChI=1S/C15H26N2/c1-15(14-7-8-14)12-17(10-9-16-15)11-13-5-3-2-4-6-13/h2-3,13-14,16H,4-12H2,1H3. The molecule has 2 heteroatoms. The third-order valence-corrected chi connectivity index (χ3v) is 4.88. The van der Waals surface area contributed by atoms with Crippen molar-refractivity contribution in [1.29, 1.82) is 0 Å². The van der Waals surface area contributed by atoms with Crippen LogP contribution in [0.25, 0.3) is 0 Å². The minimum Gasteiger partial charge on any atom is -0.309 e. The number of hydrogen-bond donors (Lipinski definition) is 1. The molecule has 0 bridgehead atoms. The monoisotopic (exact) mass is 234 g/mol. The van der Waals surface area contributed by atoms with E-state index in [0.29, 0.717) is 5.54 Å². The minimum atomic E-state index is 0.419. The second-order valence-electron chi connectivity index (χ2n) is 6.50. The zero-order valence-electron chi connectivity index (χ0n) is 11.1. The summed E-state index contributed by atoms with van der Waals surface area (Å²) in [5.41, 5.74) is 0.419.